The van der Waals surface area contributed by atoms with Crippen LogP contribution in [0, 0.1) is 0 Å². The van der Waals surface area contributed by atoms with Crippen molar-refractivity contribution in [1.82, 2.24) is 10.6 Å². The minimum Gasteiger partial charge on any atom is -0.383 e. The van der Waals surface area contributed by atoms with Gasteiger partial charge in [-0.3, -0.25) is 0 Å². The van der Waals surface area contributed by atoms with Gasteiger partial charge in [0.2, 0.25) is 5.79 Å². The van der Waals surface area contributed by atoms with Crippen molar-refractivity contribution >= 4 is 0 Å². The molecule has 0 saturated heterocycles. The first-order chi connectivity index (χ1) is 5.20. The van der Waals surface area contributed by atoms with Gasteiger partial charge in [-0.25, -0.2) is 0 Å². The zero-order valence-corrected chi connectivity index (χ0v) is 6.48. The Morgan fingerprint density at radius 3 is 2.91 bits per heavy atom. The standard InChI is InChI=1S/C7H12N2O2/c1-7(10)6-5(4-11-7)8-2-3-9-6/h8-10H,2-4H2,1H3. The quantitative estimate of drug-likeness (QED) is 0.427. The van der Waals surface area contributed by atoms with E-state index in [1.807, 2.05) is 0 Å². The second kappa shape index (κ2) is 2.12. The summed E-state index contributed by atoms with van der Waals surface area (Å²) in [5.74, 6) is -1.11. The predicted molar refractivity (Wildman–Crippen MR) is 39.6 cm³/mol. The maximum absolute atomic E-state index is 9.61. The lowest BCUT2D eigenvalue weighted by Gasteiger charge is -2.24. The van der Waals surface area contributed by atoms with Crippen LogP contribution in [0.1, 0.15) is 6.92 Å². The first kappa shape index (κ1) is 6.94. The van der Waals surface area contributed by atoms with Crippen molar-refractivity contribution in [3.63, 3.8) is 0 Å². The molecule has 3 N–H and O–H groups in total. The van der Waals surface area contributed by atoms with E-state index in [1.54, 1.807) is 6.92 Å². The van der Waals surface area contributed by atoms with E-state index in [-0.39, 0.29) is 0 Å². The number of ether oxygens (including phenoxy) is 1. The average Bonchev–Trinajstić information content (AvgIpc) is 2.29. The molecule has 0 radical (unpaired) electrons. The fourth-order valence-corrected chi connectivity index (χ4v) is 1.45. The van der Waals surface area contributed by atoms with Gasteiger partial charge in [-0.2, -0.15) is 0 Å². The van der Waals surface area contributed by atoms with Crippen LogP contribution >= 0.6 is 0 Å². The van der Waals surface area contributed by atoms with E-state index < -0.39 is 5.79 Å². The highest BCUT2D eigenvalue weighted by Gasteiger charge is 2.37. The molecule has 0 fully saturated rings. The lowest BCUT2D eigenvalue weighted by atomic mass is 10.2. The topological polar surface area (TPSA) is 53.5 Å². The normalized spacial score (nSPS) is 36.2. The smallest absolute Gasteiger partial charge is 0.206 e. The van der Waals surface area contributed by atoms with Crippen LogP contribution in [0.5, 0.6) is 0 Å². The van der Waals surface area contributed by atoms with Gasteiger partial charge in [-0.1, -0.05) is 0 Å². The summed E-state index contributed by atoms with van der Waals surface area (Å²) in [5, 5.41) is 15.9. The summed E-state index contributed by atoms with van der Waals surface area (Å²) in [6.45, 7) is 3.88. The number of rotatable bonds is 0. The van der Waals surface area contributed by atoms with Gasteiger partial charge < -0.3 is 20.5 Å². The molecule has 0 aromatic rings. The molecule has 2 aliphatic rings. The zero-order valence-electron chi connectivity index (χ0n) is 6.48. The molecule has 0 saturated carbocycles. The zero-order chi connectivity index (χ0) is 7.90. The van der Waals surface area contributed by atoms with E-state index >= 15 is 0 Å². The summed E-state index contributed by atoms with van der Waals surface area (Å²) >= 11 is 0. The van der Waals surface area contributed by atoms with Crippen LogP contribution in [0.4, 0.5) is 0 Å². The summed E-state index contributed by atoms with van der Waals surface area (Å²) in [4.78, 5) is 0. The van der Waals surface area contributed by atoms with Crippen LogP contribution in [0.3, 0.4) is 0 Å². The second-order valence-corrected chi connectivity index (χ2v) is 2.98. The Morgan fingerprint density at radius 2 is 2.18 bits per heavy atom. The van der Waals surface area contributed by atoms with Crippen LogP contribution in [0.15, 0.2) is 11.4 Å². The van der Waals surface area contributed by atoms with E-state index in [4.69, 9.17) is 4.74 Å². The molecule has 0 aliphatic carbocycles. The highest BCUT2D eigenvalue weighted by molar-refractivity contribution is 5.24. The van der Waals surface area contributed by atoms with Gasteiger partial charge in [-0.05, 0) is 6.92 Å². The molecule has 11 heavy (non-hydrogen) atoms. The molecule has 0 spiro atoms. The minimum atomic E-state index is -1.11. The summed E-state index contributed by atoms with van der Waals surface area (Å²) in [7, 11) is 0. The van der Waals surface area contributed by atoms with Crippen LogP contribution in [-0.4, -0.2) is 30.6 Å². The third-order valence-electron chi connectivity index (χ3n) is 2.03. The van der Waals surface area contributed by atoms with Crippen molar-refractivity contribution in [2.45, 2.75) is 12.7 Å². The molecule has 4 heteroatoms. The molecular formula is C7H12N2O2. The lowest BCUT2D eigenvalue weighted by molar-refractivity contribution is -0.142. The summed E-state index contributed by atoms with van der Waals surface area (Å²) in [6, 6.07) is 0. The van der Waals surface area contributed by atoms with E-state index in [0.29, 0.717) is 6.61 Å². The van der Waals surface area contributed by atoms with Crippen molar-refractivity contribution in [2.75, 3.05) is 19.7 Å². The Labute approximate surface area is 65.2 Å². The van der Waals surface area contributed by atoms with E-state index in [0.717, 1.165) is 24.5 Å². The lowest BCUT2D eigenvalue weighted by Crippen LogP contribution is -2.41. The maximum atomic E-state index is 9.61. The van der Waals surface area contributed by atoms with Gasteiger partial charge in [0, 0.05) is 13.1 Å². The molecule has 0 bridgehead atoms. The van der Waals surface area contributed by atoms with Crippen molar-refractivity contribution < 1.29 is 9.84 Å². The van der Waals surface area contributed by atoms with Gasteiger partial charge in [0.15, 0.2) is 0 Å². The number of hydrogen-bond donors (Lipinski definition) is 3. The Morgan fingerprint density at radius 1 is 1.45 bits per heavy atom. The first-order valence-corrected chi connectivity index (χ1v) is 3.78. The number of aliphatic hydroxyl groups is 1. The molecule has 2 heterocycles. The Balaban J connectivity index is 2.29. The van der Waals surface area contributed by atoms with Gasteiger partial charge in [0.25, 0.3) is 0 Å². The molecule has 4 nitrogen and oxygen atoms in total. The van der Waals surface area contributed by atoms with E-state index in [9.17, 15) is 5.11 Å². The fraction of sp³-hybridized carbons (Fsp3) is 0.714. The van der Waals surface area contributed by atoms with Gasteiger partial charge in [-0.15, -0.1) is 0 Å². The predicted octanol–water partition coefficient (Wildman–Crippen LogP) is -0.871. The molecule has 0 aromatic heterocycles. The molecular weight excluding hydrogens is 144 g/mol. The largest absolute Gasteiger partial charge is 0.383 e. The molecule has 0 amide bonds. The third-order valence-corrected chi connectivity index (χ3v) is 2.03. The minimum absolute atomic E-state index is 0.481. The van der Waals surface area contributed by atoms with E-state index in [2.05, 4.69) is 10.6 Å². The summed E-state index contributed by atoms with van der Waals surface area (Å²) < 4.78 is 5.14. The first-order valence-electron chi connectivity index (χ1n) is 3.78. The third kappa shape index (κ3) is 0.985. The molecule has 1 atom stereocenters. The Kier molecular flexibility index (Phi) is 1.34. The van der Waals surface area contributed by atoms with E-state index in [1.165, 1.54) is 0 Å². The Bertz CT molecular complexity index is 210. The van der Waals surface area contributed by atoms with Crippen LogP contribution in [-0.2, 0) is 4.74 Å². The van der Waals surface area contributed by atoms with Crippen molar-refractivity contribution in [2.24, 2.45) is 0 Å². The van der Waals surface area contributed by atoms with Crippen molar-refractivity contribution in [3.05, 3.63) is 11.4 Å². The SMILES string of the molecule is CC1(O)OCC2=C1NCCN2. The van der Waals surface area contributed by atoms with Crippen LogP contribution < -0.4 is 10.6 Å². The monoisotopic (exact) mass is 156 g/mol. The Hall–Kier alpha value is -0.740. The maximum Gasteiger partial charge on any atom is 0.206 e. The average molecular weight is 156 g/mol. The van der Waals surface area contributed by atoms with Crippen LogP contribution in [0.25, 0.3) is 0 Å². The highest BCUT2D eigenvalue weighted by Crippen LogP contribution is 2.26. The highest BCUT2D eigenvalue weighted by atomic mass is 16.6. The number of nitrogens with one attached hydrogen (secondary N) is 2. The van der Waals surface area contributed by atoms with Crippen molar-refractivity contribution in [1.29, 1.82) is 0 Å². The molecule has 2 rings (SSSR count). The van der Waals surface area contributed by atoms with Crippen molar-refractivity contribution in [3.8, 4) is 0 Å². The van der Waals surface area contributed by atoms with Crippen LogP contribution in [0.2, 0.25) is 0 Å². The molecule has 1 unspecified atom stereocenters. The number of hydrogen-bond acceptors (Lipinski definition) is 4. The summed E-state index contributed by atoms with van der Waals surface area (Å²) in [5.41, 5.74) is 1.78. The van der Waals surface area contributed by atoms with Gasteiger partial charge in [0.05, 0.1) is 18.0 Å². The molecule has 0 aromatic carbocycles. The molecule has 2 aliphatic heterocycles. The van der Waals surface area contributed by atoms with Gasteiger partial charge in [0.1, 0.15) is 0 Å². The summed E-state index contributed by atoms with van der Waals surface area (Å²) in [6.07, 6.45) is 0. The fourth-order valence-electron chi connectivity index (χ4n) is 1.45. The van der Waals surface area contributed by atoms with Gasteiger partial charge >= 0.3 is 0 Å². The molecule has 62 valence electrons. The second-order valence-electron chi connectivity index (χ2n) is 2.98.